The minimum Gasteiger partial charge on any atom is -0.368 e. The van der Waals surface area contributed by atoms with E-state index in [1.165, 1.54) is 16.5 Å². The molecule has 0 bridgehead atoms. The van der Waals surface area contributed by atoms with Gasteiger partial charge in [0.2, 0.25) is 0 Å². The molecule has 1 aromatic carbocycles. The Morgan fingerprint density at radius 3 is 2.86 bits per heavy atom. The van der Waals surface area contributed by atoms with E-state index in [2.05, 4.69) is 48.4 Å². The van der Waals surface area contributed by atoms with E-state index in [1.807, 2.05) is 0 Å². The lowest BCUT2D eigenvalue weighted by Gasteiger charge is -2.03. The van der Waals surface area contributed by atoms with Gasteiger partial charge < -0.3 is 5.32 Å². The maximum Gasteiger partial charge on any atom is 0.155 e. The number of H-pyrrole nitrogens is 1. The third-order valence-corrected chi connectivity index (χ3v) is 2.61. The Kier molecular flexibility index (Phi) is 2.15. The summed E-state index contributed by atoms with van der Waals surface area (Å²) in [6.07, 6.45) is 0. The number of nitrogens with zero attached hydrogens (tertiary/aromatic N) is 1. The second-order valence-electron chi connectivity index (χ2n) is 3.53. The van der Waals surface area contributed by atoms with Crippen molar-refractivity contribution in [2.75, 3.05) is 11.9 Å². The third-order valence-electron chi connectivity index (χ3n) is 2.61. The Morgan fingerprint density at radius 1 is 1.36 bits per heavy atom. The van der Waals surface area contributed by atoms with E-state index in [0.717, 1.165) is 17.9 Å². The molecular formula is C11H15N3. The molecule has 0 amide bonds. The number of benzene rings is 1. The summed E-state index contributed by atoms with van der Waals surface area (Å²) in [6.45, 7) is 7.23. The van der Waals surface area contributed by atoms with Gasteiger partial charge in [-0.1, -0.05) is 6.07 Å². The normalized spacial score (nSPS) is 10.8. The van der Waals surface area contributed by atoms with E-state index in [4.69, 9.17) is 0 Å². The number of nitrogens with one attached hydrogen (secondary N) is 2. The van der Waals surface area contributed by atoms with Gasteiger partial charge in [0.25, 0.3) is 0 Å². The van der Waals surface area contributed by atoms with Crippen molar-refractivity contribution in [1.29, 1.82) is 0 Å². The van der Waals surface area contributed by atoms with Crippen LogP contribution in [0.25, 0.3) is 10.9 Å². The van der Waals surface area contributed by atoms with Gasteiger partial charge in [0.1, 0.15) is 0 Å². The summed E-state index contributed by atoms with van der Waals surface area (Å²) in [6, 6.07) is 4.19. The molecule has 3 heteroatoms. The number of aryl methyl sites for hydroxylation is 2. The summed E-state index contributed by atoms with van der Waals surface area (Å²) >= 11 is 0. The van der Waals surface area contributed by atoms with E-state index in [1.54, 1.807) is 0 Å². The summed E-state index contributed by atoms with van der Waals surface area (Å²) in [4.78, 5) is 0. The molecule has 0 atom stereocenters. The van der Waals surface area contributed by atoms with Gasteiger partial charge >= 0.3 is 0 Å². The highest BCUT2D eigenvalue weighted by molar-refractivity contribution is 5.93. The second-order valence-corrected chi connectivity index (χ2v) is 3.53. The van der Waals surface area contributed by atoms with E-state index >= 15 is 0 Å². The molecule has 0 aliphatic rings. The van der Waals surface area contributed by atoms with Crippen LogP contribution in [-0.4, -0.2) is 16.7 Å². The Hall–Kier alpha value is -1.51. The Bertz CT molecular complexity index is 457. The van der Waals surface area contributed by atoms with Crippen LogP contribution in [0.3, 0.4) is 0 Å². The molecule has 0 radical (unpaired) electrons. The standard InChI is InChI=1S/C11H15N3/c1-4-12-11-10-8(3)7(2)5-6-9(10)13-14-11/h5-6H,4H2,1-3H3,(H2,12,13,14). The van der Waals surface area contributed by atoms with Gasteiger partial charge in [0.05, 0.1) is 5.52 Å². The zero-order valence-electron chi connectivity index (χ0n) is 8.81. The monoisotopic (exact) mass is 189 g/mol. The lowest BCUT2D eigenvalue weighted by atomic mass is 10.1. The van der Waals surface area contributed by atoms with Crippen molar-refractivity contribution in [3.63, 3.8) is 0 Å². The largest absolute Gasteiger partial charge is 0.368 e. The van der Waals surface area contributed by atoms with Crippen LogP contribution in [-0.2, 0) is 0 Å². The average molecular weight is 189 g/mol. The zero-order valence-corrected chi connectivity index (χ0v) is 8.81. The van der Waals surface area contributed by atoms with Gasteiger partial charge in [0.15, 0.2) is 5.82 Å². The van der Waals surface area contributed by atoms with Crippen molar-refractivity contribution in [2.24, 2.45) is 0 Å². The van der Waals surface area contributed by atoms with Crippen LogP contribution >= 0.6 is 0 Å². The van der Waals surface area contributed by atoms with Gasteiger partial charge in [0, 0.05) is 11.9 Å². The molecule has 74 valence electrons. The Morgan fingerprint density at radius 2 is 2.14 bits per heavy atom. The van der Waals surface area contributed by atoms with Crippen molar-refractivity contribution in [1.82, 2.24) is 10.2 Å². The molecule has 2 aromatic rings. The fourth-order valence-corrected chi connectivity index (χ4v) is 1.68. The van der Waals surface area contributed by atoms with Gasteiger partial charge in [-0.15, -0.1) is 0 Å². The third kappa shape index (κ3) is 1.25. The molecular weight excluding hydrogens is 174 g/mol. The molecule has 0 aliphatic carbocycles. The highest BCUT2D eigenvalue weighted by Crippen LogP contribution is 2.26. The molecule has 2 rings (SSSR count). The van der Waals surface area contributed by atoms with E-state index in [9.17, 15) is 0 Å². The minimum absolute atomic E-state index is 0.896. The van der Waals surface area contributed by atoms with Crippen LogP contribution in [0.4, 0.5) is 5.82 Å². The highest BCUT2D eigenvalue weighted by Gasteiger charge is 2.08. The first-order chi connectivity index (χ1) is 6.74. The molecule has 1 heterocycles. The molecule has 0 spiro atoms. The van der Waals surface area contributed by atoms with Crippen LogP contribution in [0.15, 0.2) is 12.1 Å². The number of hydrogen-bond acceptors (Lipinski definition) is 2. The number of anilines is 1. The first-order valence-corrected chi connectivity index (χ1v) is 4.92. The van der Waals surface area contributed by atoms with Crippen molar-refractivity contribution in [2.45, 2.75) is 20.8 Å². The first-order valence-electron chi connectivity index (χ1n) is 4.92. The van der Waals surface area contributed by atoms with Gasteiger partial charge in [-0.2, -0.15) is 5.10 Å². The molecule has 2 N–H and O–H groups in total. The van der Waals surface area contributed by atoms with Crippen LogP contribution in [0.1, 0.15) is 18.1 Å². The number of hydrogen-bond donors (Lipinski definition) is 2. The lowest BCUT2D eigenvalue weighted by molar-refractivity contribution is 1.08. The van der Waals surface area contributed by atoms with Gasteiger partial charge in [-0.25, -0.2) is 0 Å². The van der Waals surface area contributed by atoms with Crippen molar-refractivity contribution >= 4 is 16.7 Å². The highest BCUT2D eigenvalue weighted by atomic mass is 15.2. The molecule has 0 aliphatic heterocycles. The van der Waals surface area contributed by atoms with E-state index in [-0.39, 0.29) is 0 Å². The average Bonchev–Trinajstić information content (AvgIpc) is 2.57. The quantitative estimate of drug-likeness (QED) is 0.762. The Balaban J connectivity index is 2.69. The molecule has 1 aromatic heterocycles. The summed E-state index contributed by atoms with van der Waals surface area (Å²) in [5.41, 5.74) is 3.70. The van der Waals surface area contributed by atoms with Gasteiger partial charge in [-0.05, 0) is 38.0 Å². The van der Waals surface area contributed by atoms with Crippen LogP contribution in [0.2, 0.25) is 0 Å². The zero-order chi connectivity index (χ0) is 10.1. The second kappa shape index (κ2) is 3.33. The topological polar surface area (TPSA) is 40.7 Å². The number of aromatic amines is 1. The van der Waals surface area contributed by atoms with Crippen LogP contribution < -0.4 is 5.32 Å². The van der Waals surface area contributed by atoms with E-state index < -0.39 is 0 Å². The first kappa shape index (κ1) is 9.06. The van der Waals surface area contributed by atoms with Crippen molar-refractivity contribution < 1.29 is 0 Å². The summed E-state index contributed by atoms with van der Waals surface area (Å²) in [5.74, 6) is 0.962. The lowest BCUT2D eigenvalue weighted by Crippen LogP contribution is -1.97. The predicted octanol–water partition coefficient (Wildman–Crippen LogP) is 2.61. The maximum atomic E-state index is 4.25. The van der Waals surface area contributed by atoms with Crippen LogP contribution in [0.5, 0.6) is 0 Å². The van der Waals surface area contributed by atoms with Crippen molar-refractivity contribution in [3.05, 3.63) is 23.3 Å². The molecule has 0 saturated heterocycles. The smallest absolute Gasteiger partial charge is 0.155 e. The minimum atomic E-state index is 0.896. The molecule has 3 nitrogen and oxygen atoms in total. The molecule has 14 heavy (non-hydrogen) atoms. The summed E-state index contributed by atoms with van der Waals surface area (Å²) in [5, 5.41) is 11.8. The fourth-order valence-electron chi connectivity index (χ4n) is 1.68. The molecule has 0 saturated carbocycles. The Labute approximate surface area is 83.5 Å². The van der Waals surface area contributed by atoms with Crippen LogP contribution in [0, 0.1) is 13.8 Å². The van der Waals surface area contributed by atoms with E-state index in [0.29, 0.717) is 0 Å². The fraction of sp³-hybridized carbons (Fsp3) is 0.364. The number of fused-ring (bicyclic) bond motifs is 1. The van der Waals surface area contributed by atoms with Crippen molar-refractivity contribution in [3.8, 4) is 0 Å². The predicted molar refractivity (Wildman–Crippen MR) is 59.7 cm³/mol. The molecule has 0 unspecified atom stereocenters. The number of rotatable bonds is 2. The summed E-state index contributed by atoms with van der Waals surface area (Å²) < 4.78 is 0. The SMILES string of the molecule is CCNc1n[nH]c2ccc(C)c(C)c12. The molecule has 0 fully saturated rings. The summed E-state index contributed by atoms with van der Waals surface area (Å²) in [7, 11) is 0. The van der Waals surface area contributed by atoms with Gasteiger partial charge in [-0.3, -0.25) is 5.10 Å². The maximum absolute atomic E-state index is 4.25. The number of aromatic nitrogens is 2.